The van der Waals surface area contributed by atoms with Gasteiger partial charge in [0.05, 0.1) is 18.4 Å². The van der Waals surface area contributed by atoms with Crippen molar-refractivity contribution in [3.05, 3.63) is 48.0 Å². The van der Waals surface area contributed by atoms with Crippen LogP contribution >= 0.6 is 0 Å². The molecule has 1 aromatic carbocycles. The van der Waals surface area contributed by atoms with Gasteiger partial charge in [-0.3, -0.25) is 5.43 Å². The molecule has 0 amide bonds. The van der Waals surface area contributed by atoms with Crippen LogP contribution in [0.25, 0.3) is 0 Å². The minimum atomic E-state index is -0.529. The predicted molar refractivity (Wildman–Crippen MR) is 95.3 cm³/mol. The Morgan fingerprint density at radius 3 is 2.25 bits per heavy atom. The molecule has 7 heteroatoms. The van der Waals surface area contributed by atoms with Crippen LogP contribution in [-0.2, 0) is 0 Å². The zero-order valence-corrected chi connectivity index (χ0v) is 13.9. The Kier molecular flexibility index (Phi) is 6.65. The van der Waals surface area contributed by atoms with Crippen LogP contribution in [0.5, 0.6) is 0 Å². The van der Waals surface area contributed by atoms with E-state index in [0.717, 1.165) is 5.56 Å². The van der Waals surface area contributed by atoms with Crippen molar-refractivity contribution in [2.75, 3.05) is 23.4 Å². The molecule has 7 nitrogen and oxygen atoms in total. The standard InChI is InChI=1S/C17H23N5O2/c1-13(23)11-22(12-14(2)24)17-9-8-16(20-21-17)19-18-10-15-6-4-3-5-7-15/h3-10,13-14,23-24H,11-12H2,1-2H3,(H,19,20). The van der Waals surface area contributed by atoms with E-state index in [2.05, 4.69) is 20.7 Å². The van der Waals surface area contributed by atoms with Gasteiger partial charge in [-0.1, -0.05) is 30.3 Å². The summed E-state index contributed by atoms with van der Waals surface area (Å²) in [6.07, 6.45) is 0.639. The van der Waals surface area contributed by atoms with Crippen LogP contribution in [0.1, 0.15) is 19.4 Å². The average Bonchev–Trinajstić information content (AvgIpc) is 2.55. The summed E-state index contributed by atoms with van der Waals surface area (Å²) in [4.78, 5) is 1.79. The quantitative estimate of drug-likeness (QED) is 0.502. The summed E-state index contributed by atoms with van der Waals surface area (Å²) in [6.45, 7) is 4.13. The fourth-order valence-electron chi connectivity index (χ4n) is 2.17. The van der Waals surface area contributed by atoms with Crippen molar-refractivity contribution in [3.8, 4) is 0 Å². The fourth-order valence-corrected chi connectivity index (χ4v) is 2.17. The number of nitrogens with zero attached hydrogens (tertiary/aromatic N) is 4. The number of rotatable bonds is 8. The maximum absolute atomic E-state index is 9.57. The topological polar surface area (TPSA) is 93.9 Å². The Labute approximate surface area is 141 Å². The minimum absolute atomic E-state index is 0.374. The summed E-state index contributed by atoms with van der Waals surface area (Å²) >= 11 is 0. The zero-order chi connectivity index (χ0) is 17.4. The van der Waals surface area contributed by atoms with Crippen LogP contribution in [0.3, 0.4) is 0 Å². The maximum atomic E-state index is 9.57. The van der Waals surface area contributed by atoms with E-state index in [9.17, 15) is 10.2 Å². The van der Waals surface area contributed by atoms with Crippen LogP contribution < -0.4 is 10.3 Å². The van der Waals surface area contributed by atoms with E-state index in [-0.39, 0.29) is 0 Å². The lowest BCUT2D eigenvalue weighted by atomic mass is 10.2. The number of aliphatic hydroxyl groups excluding tert-OH is 2. The highest BCUT2D eigenvalue weighted by Crippen LogP contribution is 2.13. The molecule has 1 heterocycles. The van der Waals surface area contributed by atoms with Crippen molar-refractivity contribution in [2.24, 2.45) is 5.10 Å². The third-order valence-corrected chi connectivity index (χ3v) is 3.14. The first-order valence-corrected chi connectivity index (χ1v) is 7.83. The van der Waals surface area contributed by atoms with Crippen LogP contribution in [0.2, 0.25) is 0 Å². The highest BCUT2D eigenvalue weighted by molar-refractivity contribution is 5.79. The van der Waals surface area contributed by atoms with Crippen molar-refractivity contribution in [2.45, 2.75) is 26.1 Å². The summed E-state index contributed by atoms with van der Waals surface area (Å²) in [5.41, 5.74) is 3.80. The first kappa shape index (κ1) is 17.8. The van der Waals surface area contributed by atoms with E-state index in [1.807, 2.05) is 30.3 Å². The molecule has 2 aromatic rings. The summed E-state index contributed by atoms with van der Waals surface area (Å²) in [5.74, 6) is 1.11. The average molecular weight is 329 g/mol. The number of aliphatic hydroxyl groups is 2. The highest BCUT2D eigenvalue weighted by Gasteiger charge is 2.13. The zero-order valence-electron chi connectivity index (χ0n) is 13.9. The van der Waals surface area contributed by atoms with E-state index in [4.69, 9.17) is 0 Å². The number of nitrogens with one attached hydrogen (secondary N) is 1. The number of benzene rings is 1. The molecule has 2 atom stereocenters. The third kappa shape index (κ3) is 5.94. The lowest BCUT2D eigenvalue weighted by Gasteiger charge is -2.25. The van der Waals surface area contributed by atoms with Crippen LogP contribution in [0, 0.1) is 0 Å². The highest BCUT2D eigenvalue weighted by atomic mass is 16.3. The van der Waals surface area contributed by atoms with Gasteiger partial charge in [-0.15, -0.1) is 10.2 Å². The smallest absolute Gasteiger partial charge is 0.168 e. The Balaban J connectivity index is 1.99. The molecule has 0 aliphatic carbocycles. The molecule has 0 radical (unpaired) electrons. The van der Waals surface area contributed by atoms with Gasteiger partial charge >= 0.3 is 0 Å². The van der Waals surface area contributed by atoms with Gasteiger partial charge in [-0.2, -0.15) is 5.10 Å². The summed E-state index contributed by atoms with van der Waals surface area (Å²) in [5, 5.41) is 31.5. The van der Waals surface area contributed by atoms with E-state index in [1.165, 1.54) is 0 Å². The SMILES string of the molecule is CC(O)CN(CC(C)O)c1ccc(NN=Cc2ccccc2)nn1. The molecule has 0 aliphatic rings. The molecule has 128 valence electrons. The van der Waals surface area contributed by atoms with Gasteiger partial charge < -0.3 is 15.1 Å². The van der Waals surface area contributed by atoms with Gasteiger partial charge in [-0.25, -0.2) is 0 Å². The predicted octanol–water partition coefficient (Wildman–Crippen LogP) is 1.49. The summed E-state index contributed by atoms with van der Waals surface area (Å²) < 4.78 is 0. The van der Waals surface area contributed by atoms with Crippen LogP contribution in [0.15, 0.2) is 47.6 Å². The lowest BCUT2D eigenvalue weighted by molar-refractivity contribution is 0.177. The van der Waals surface area contributed by atoms with E-state index in [0.29, 0.717) is 24.7 Å². The van der Waals surface area contributed by atoms with Crippen molar-refractivity contribution in [1.29, 1.82) is 0 Å². The largest absolute Gasteiger partial charge is 0.392 e. The fraction of sp³-hybridized carbons (Fsp3) is 0.353. The second-order valence-electron chi connectivity index (χ2n) is 5.66. The van der Waals surface area contributed by atoms with Crippen molar-refractivity contribution in [3.63, 3.8) is 0 Å². The van der Waals surface area contributed by atoms with E-state index >= 15 is 0 Å². The minimum Gasteiger partial charge on any atom is -0.392 e. The lowest BCUT2D eigenvalue weighted by Crippen LogP contribution is -2.37. The first-order valence-electron chi connectivity index (χ1n) is 7.83. The monoisotopic (exact) mass is 329 g/mol. The number of anilines is 2. The van der Waals surface area contributed by atoms with Crippen molar-refractivity contribution >= 4 is 17.9 Å². The Bertz CT molecular complexity index is 619. The van der Waals surface area contributed by atoms with Crippen LogP contribution in [0.4, 0.5) is 11.6 Å². The molecule has 0 spiro atoms. The Morgan fingerprint density at radius 1 is 1.04 bits per heavy atom. The van der Waals surface area contributed by atoms with Gasteiger partial charge in [0.1, 0.15) is 0 Å². The molecule has 2 rings (SSSR count). The Hall–Kier alpha value is -2.51. The van der Waals surface area contributed by atoms with E-state index in [1.54, 1.807) is 37.1 Å². The van der Waals surface area contributed by atoms with Crippen molar-refractivity contribution in [1.82, 2.24) is 10.2 Å². The number of hydrazone groups is 1. The third-order valence-electron chi connectivity index (χ3n) is 3.14. The molecule has 0 aliphatic heterocycles. The molecule has 0 saturated carbocycles. The van der Waals surface area contributed by atoms with Gasteiger partial charge in [0, 0.05) is 13.1 Å². The van der Waals surface area contributed by atoms with Crippen LogP contribution in [-0.4, -0.2) is 51.9 Å². The number of hydrogen-bond donors (Lipinski definition) is 3. The number of hydrogen-bond acceptors (Lipinski definition) is 7. The van der Waals surface area contributed by atoms with Crippen molar-refractivity contribution < 1.29 is 10.2 Å². The Morgan fingerprint density at radius 2 is 1.71 bits per heavy atom. The van der Waals surface area contributed by atoms with Gasteiger partial charge in [-0.05, 0) is 31.5 Å². The van der Waals surface area contributed by atoms with Gasteiger partial charge in [0.15, 0.2) is 11.6 Å². The first-order chi connectivity index (χ1) is 11.5. The van der Waals surface area contributed by atoms with E-state index < -0.39 is 12.2 Å². The molecule has 2 unspecified atom stereocenters. The normalized spacial score (nSPS) is 13.7. The molecule has 0 fully saturated rings. The molecular weight excluding hydrogens is 306 g/mol. The van der Waals surface area contributed by atoms with Gasteiger partial charge in [0.25, 0.3) is 0 Å². The molecule has 0 saturated heterocycles. The summed E-state index contributed by atoms with van der Waals surface area (Å²) in [7, 11) is 0. The number of aromatic nitrogens is 2. The maximum Gasteiger partial charge on any atom is 0.168 e. The second kappa shape index (κ2) is 8.95. The summed E-state index contributed by atoms with van der Waals surface area (Å²) in [6, 6.07) is 13.2. The molecule has 24 heavy (non-hydrogen) atoms. The van der Waals surface area contributed by atoms with Gasteiger partial charge in [0.2, 0.25) is 0 Å². The molecule has 0 bridgehead atoms. The molecule has 1 aromatic heterocycles. The molecular formula is C17H23N5O2. The molecule has 3 N–H and O–H groups in total. The second-order valence-corrected chi connectivity index (χ2v) is 5.66.